The summed E-state index contributed by atoms with van der Waals surface area (Å²) in [7, 11) is 0. The van der Waals surface area contributed by atoms with Crippen LogP contribution < -0.4 is 0 Å². The lowest BCUT2D eigenvalue weighted by Gasteiger charge is -2.32. The Morgan fingerprint density at radius 2 is 2.00 bits per heavy atom. The zero-order chi connectivity index (χ0) is 16.2. The summed E-state index contributed by atoms with van der Waals surface area (Å²) in [6, 6.07) is 7.71. The lowest BCUT2D eigenvalue weighted by atomic mass is 10.1. The summed E-state index contributed by atoms with van der Waals surface area (Å²) >= 11 is 0. The minimum Gasteiger partial charge on any atom is -0.378 e. The highest BCUT2D eigenvalue weighted by molar-refractivity contribution is 5.89. The molecule has 2 aliphatic heterocycles. The molecule has 1 aromatic carbocycles. The minimum atomic E-state index is -0.287. The zero-order valence-corrected chi connectivity index (χ0v) is 13.7. The molecule has 2 aliphatic rings. The van der Waals surface area contributed by atoms with E-state index in [1.807, 2.05) is 36.1 Å². The Balaban J connectivity index is 1.65. The van der Waals surface area contributed by atoms with Crippen molar-refractivity contribution in [2.75, 3.05) is 32.8 Å². The Hall–Kier alpha value is -1.88. The van der Waals surface area contributed by atoms with Gasteiger partial charge in [-0.15, -0.1) is 0 Å². The third-order valence-electron chi connectivity index (χ3n) is 4.62. The van der Waals surface area contributed by atoms with Crippen LogP contribution in [0.3, 0.4) is 0 Å². The Morgan fingerprint density at radius 1 is 1.22 bits per heavy atom. The second kappa shape index (κ2) is 7.13. The van der Waals surface area contributed by atoms with E-state index in [-0.39, 0.29) is 17.9 Å². The normalized spacial score (nSPS) is 21.5. The van der Waals surface area contributed by atoms with Crippen molar-refractivity contribution >= 4 is 11.8 Å². The number of carbonyl (C=O) groups excluding carboxylic acids is 2. The van der Waals surface area contributed by atoms with E-state index >= 15 is 0 Å². The number of rotatable bonds is 3. The molecule has 2 amide bonds. The number of hydrogen-bond acceptors (Lipinski definition) is 3. The van der Waals surface area contributed by atoms with Crippen molar-refractivity contribution in [2.45, 2.75) is 32.2 Å². The molecular weight excluding hydrogens is 292 g/mol. The molecule has 0 bridgehead atoms. The van der Waals surface area contributed by atoms with Crippen LogP contribution in [0.5, 0.6) is 0 Å². The molecule has 0 radical (unpaired) electrons. The number of carbonyl (C=O) groups is 2. The standard InChI is InChI=1S/C18H24N2O3/c1-14-4-2-5-15(12-14)13-17(21)20-7-3-6-16(20)18(22)19-8-10-23-11-9-19/h2,4-5,12,16H,3,6-11,13H2,1H3/t16-/m1/s1. The smallest absolute Gasteiger partial charge is 0.245 e. The van der Waals surface area contributed by atoms with Crippen molar-refractivity contribution in [3.63, 3.8) is 0 Å². The van der Waals surface area contributed by atoms with Gasteiger partial charge in [0.25, 0.3) is 0 Å². The van der Waals surface area contributed by atoms with Crippen molar-refractivity contribution in [3.05, 3.63) is 35.4 Å². The molecule has 0 aliphatic carbocycles. The van der Waals surface area contributed by atoms with E-state index in [1.54, 1.807) is 4.90 Å². The molecule has 2 fully saturated rings. The summed E-state index contributed by atoms with van der Waals surface area (Å²) in [5.74, 6) is 0.142. The van der Waals surface area contributed by atoms with Crippen LogP contribution in [0.15, 0.2) is 24.3 Å². The highest BCUT2D eigenvalue weighted by atomic mass is 16.5. The Morgan fingerprint density at radius 3 is 2.74 bits per heavy atom. The first kappa shape index (κ1) is 16.0. The maximum Gasteiger partial charge on any atom is 0.245 e. The number of morpholine rings is 1. The fourth-order valence-electron chi connectivity index (χ4n) is 3.41. The molecule has 2 heterocycles. The Bertz CT molecular complexity index is 581. The number of amides is 2. The molecule has 2 saturated heterocycles. The van der Waals surface area contributed by atoms with Crippen LogP contribution in [-0.2, 0) is 20.7 Å². The number of benzene rings is 1. The van der Waals surface area contributed by atoms with E-state index in [0.29, 0.717) is 39.3 Å². The predicted molar refractivity (Wildman–Crippen MR) is 87.0 cm³/mol. The first-order valence-electron chi connectivity index (χ1n) is 8.37. The van der Waals surface area contributed by atoms with Crippen LogP contribution >= 0.6 is 0 Å². The van der Waals surface area contributed by atoms with Gasteiger partial charge in [0.05, 0.1) is 19.6 Å². The van der Waals surface area contributed by atoms with Crippen molar-refractivity contribution < 1.29 is 14.3 Å². The molecule has 0 N–H and O–H groups in total. The van der Waals surface area contributed by atoms with E-state index in [4.69, 9.17) is 4.74 Å². The van der Waals surface area contributed by atoms with Gasteiger partial charge in [-0.05, 0) is 25.3 Å². The SMILES string of the molecule is Cc1cccc(CC(=O)N2CCC[C@@H]2C(=O)N2CCOCC2)c1. The van der Waals surface area contributed by atoms with Crippen LogP contribution in [0.1, 0.15) is 24.0 Å². The topological polar surface area (TPSA) is 49.9 Å². The number of likely N-dealkylation sites (tertiary alicyclic amines) is 1. The van der Waals surface area contributed by atoms with Crippen molar-refractivity contribution in [2.24, 2.45) is 0 Å². The number of hydrogen-bond donors (Lipinski definition) is 0. The Kier molecular flexibility index (Phi) is 4.96. The average Bonchev–Trinajstić information content (AvgIpc) is 3.05. The minimum absolute atomic E-state index is 0.0553. The lowest BCUT2D eigenvalue weighted by Crippen LogP contribution is -2.51. The van der Waals surface area contributed by atoms with Gasteiger partial charge < -0.3 is 14.5 Å². The fraction of sp³-hybridized carbons (Fsp3) is 0.556. The molecule has 0 spiro atoms. The second-order valence-corrected chi connectivity index (χ2v) is 6.35. The highest BCUT2D eigenvalue weighted by Gasteiger charge is 2.36. The fourth-order valence-corrected chi connectivity index (χ4v) is 3.41. The summed E-state index contributed by atoms with van der Waals surface area (Å²) in [5, 5.41) is 0. The second-order valence-electron chi connectivity index (χ2n) is 6.35. The van der Waals surface area contributed by atoms with E-state index in [2.05, 4.69) is 0 Å². The van der Waals surface area contributed by atoms with Gasteiger partial charge in [0, 0.05) is 19.6 Å². The highest BCUT2D eigenvalue weighted by Crippen LogP contribution is 2.21. The van der Waals surface area contributed by atoms with Gasteiger partial charge in [-0.1, -0.05) is 29.8 Å². The largest absolute Gasteiger partial charge is 0.378 e. The average molecular weight is 316 g/mol. The molecule has 5 nitrogen and oxygen atoms in total. The first-order chi connectivity index (χ1) is 11.1. The van der Waals surface area contributed by atoms with Crippen LogP contribution in [0.2, 0.25) is 0 Å². The van der Waals surface area contributed by atoms with Crippen LogP contribution in [-0.4, -0.2) is 60.5 Å². The summed E-state index contributed by atoms with van der Waals surface area (Å²) < 4.78 is 5.30. The third kappa shape index (κ3) is 3.72. The van der Waals surface area contributed by atoms with Gasteiger partial charge in [-0.3, -0.25) is 9.59 Å². The molecule has 3 rings (SSSR count). The summed E-state index contributed by atoms with van der Waals surface area (Å²) in [6.45, 7) is 5.16. The van der Waals surface area contributed by atoms with Gasteiger partial charge in [-0.2, -0.15) is 0 Å². The zero-order valence-electron chi connectivity index (χ0n) is 13.7. The van der Waals surface area contributed by atoms with E-state index < -0.39 is 0 Å². The predicted octanol–water partition coefficient (Wildman–Crippen LogP) is 1.39. The van der Waals surface area contributed by atoms with Gasteiger partial charge in [0.2, 0.25) is 11.8 Å². The molecule has 0 unspecified atom stereocenters. The van der Waals surface area contributed by atoms with Crippen LogP contribution in [0.25, 0.3) is 0 Å². The number of ether oxygens (including phenoxy) is 1. The van der Waals surface area contributed by atoms with Gasteiger partial charge in [-0.25, -0.2) is 0 Å². The van der Waals surface area contributed by atoms with E-state index in [0.717, 1.165) is 24.0 Å². The molecule has 0 saturated carbocycles. The van der Waals surface area contributed by atoms with Gasteiger partial charge in [0.15, 0.2) is 0 Å². The van der Waals surface area contributed by atoms with Gasteiger partial charge in [0.1, 0.15) is 6.04 Å². The molecule has 5 heteroatoms. The summed E-state index contributed by atoms with van der Waals surface area (Å²) in [6.07, 6.45) is 2.05. The monoisotopic (exact) mass is 316 g/mol. The number of nitrogens with zero attached hydrogens (tertiary/aromatic N) is 2. The van der Waals surface area contributed by atoms with E-state index in [1.165, 1.54) is 0 Å². The quantitative estimate of drug-likeness (QED) is 0.847. The number of aryl methyl sites for hydroxylation is 1. The molecule has 1 aromatic rings. The summed E-state index contributed by atoms with van der Waals surface area (Å²) in [4.78, 5) is 29.0. The third-order valence-corrected chi connectivity index (χ3v) is 4.62. The lowest BCUT2D eigenvalue weighted by molar-refractivity contribution is -0.146. The van der Waals surface area contributed by atoms with Crippen LogP contribution in [0, 0.1) is 6.92 Å². The Labute approximate surface area is 137 Å². The maximum atomic E-state index is 12.7. The van der Waals surface area contributed by atoms with E-state index in [9.17, 15) is 9.59 Å². The van der Waals surface area contributed by atoms with Crippen molar-refractivity contribution in [3.8, 4) is 0 Å². The van der Waals surface area contributed by atoms with Crippen molar-refractivity contribution in [1.29, 1.82) is 0 Å². The summed E-state index contributed by atoms with van der Waals surface area (Å²) in [5.41, 5.74) is 2.16. The molecule has 124 valence electrons. The molecule has 0 aromatic heterocycles. The molecular formula is C18H24N2O3. The van der Waals surface area contributed by atoms with Crippen LogP contribution in [0.4, 0.5) is 0 Å². The molecule has 23 heavy (non-hydrogen) atoms. The maximum absolute atomic E-state index is 12.7. The first-order valence-corrected chi connectivity index (χ1v) is 8.37. The van der Waals surface area contributed by atoms with Gasteiger partial charge >= 0.3 is 0 Å². The molecule has 1 atom stereocenters. The van der Waals surface area contributed by atoms with Crippen molar-refractivity contribution in [1.82, 2.24) is 9.80 Å².